The molecule has 2 rings (SSSR count). The summed E-state index contributed by atoms with van der Waals surface area (Å²) < 4.78 is 4.95. The summed E-state index contributed by atoms with van der Waals surface area (Å²) in [5.74, 6) is -0.779. The van der Waals surface area contributed by atoms with Crippen molar-refractivity contribution in [3.8, 4) is 0 Å². The maximum Gasteiger partial charge on any atom is 0.301 e. The lowest BCUT2D eigenvalue weighted by Crippen LogP contribution is -2.56. The van der Waals surface area contributed by atoms with E-state index in [0.717, 1.165) is 0 Å². The van der Waals surface area contributed by atoms with Crippen molar-refractivity contribution in [2.75, 3.05) is 14.2 Å². The number of nitrogens with zero attached hydrogens (tertiary/aromatic N) is 2. The van der Waals surface area contributed by atoms with Gasteiger partial charge in [-0.25, -0.2) is 0 Å². The lowest BCUT2D eigenvalue weighted by molar-refractivity contribution is -0.142. The summed E-state index contributed by atoms with van der Waals surface area (Å²) in [6, 6.07) is 9.06. The monoisotopic (exact) mass is 260 g/mol. The van der Waals surface area contributed by atoms with Crippen molar-refractivity contribution in [3.05, 3.63) is 35.9 Å². The molecule has 0 spiro atoms. The second kappa shape index (κ2) is 4.84. The van der Waals surface area contributed by atoms with Crippen LogP contribution in [0.5, 0.6) is 0 Å². The molecule has 0 radical (unpaired) electrons. The van der Waals surface area contributed by atoms with Gasteiger partial charge in [0.1, 0.15) is 0 Å². The van der Waals surface area contributed by atoms with E-state index in [9.17, 15) is 9.59 Å². The molecular formula is C14H16N2O3. The Bertz CT molecular complexity index is 539. The number of amidine groups is 1. The van der Waals surface area contributed by atoms with Gasteiger partial charge in [0.2, 0.25) is 0 Å². The Balaban J connectivity index is 2.61. The van der Waals surface area contributed by atoms with Crippen LogP contribution in [0.25, 0.3) is 0 Å². The zero-order valence-corrected chi connectivity index (χ0v) is 11.2. The molecule has 0 fully saturated rings. The molecule has 0 N–H and O–H groups in total. The smallest absolute Gasteiger partial charge is 0.301 e. The number of hydrogen-bond acceptors (Lipinski definition) is 3. The molecule has 0 aromatic heterocycles. The van der Waals surface area contributed by atoms with Crippen molar-refractivity contribution in [1.82, 2.24) is 4.90 Å². The van der Waals surface area contributed by atoms with Crippen LogP contribution in [0.2, 0.25) is 0 Å². The van der Waals surface area contributed by atoms with Crippen LogP contribution in [0, 0.1) is 0 Å². The Kier molecular flexibility index (Phi) is 3.38. The zero-order chi connectivity index (χ0) is 14.0. The van der Waals surface area contributed by atoms with Gasteiger partial charge >= 0.3 is 6.02 Å². The lowest BCUT2D eigenvalue weighted by Gasteiger charge is -2.35. The second-order valence-corrected chi connectivity index (χ2v) is 4.39. The zero-order valence-electron chi connectivity index (χ0n) is 11.2. The Morgan fingerprint density at radius 3 is 2.42 bits per heavy atom. The van der Waals surface area contributed by atoms with Crippen LogP contribution in [-0.4, -0.2) is 36.9 Å². The highest BCUT2D eigenvalue weighted by Gasteiger charge is 2.51. The molecule has 100 valence electrons. The number of carbonyl (C=O) groups is 2. The Hall–Kier alpha value is -2.17. The summed E-state index contributed by atoms with van der Waals surface area (Å²) in [6.45, 7) is 1.81. The fourth-order valence-electron chi connectivity index (χ4n) is 2.38. The maximum atomic E-state index is 12.6. The van der Waals surface area contributed by atoms with Gasteiger partial charge in [-0.3, -0.25) is 14.5 Å². The minimum Gasteiger partial charge on any atom is -0.468 e. The van der Waals surface area contributed by atoms with E-state index < -0.39 is 11.3 Å². The second-order valence-electron chi connectivity index (χ2n) is 4.39. The molecule has 1 unspecified atom stereocenters. The average Bonchev–Trinajstić information content (AvgIpc) is 2.45. The van der Waals surface area contributed by atoms with Crippen LogP contribution in [0.4, 0.5) is 0 Å². The normalized spacial score (nSPS) is 23.3. The van der Waals surface area contributed by atoms with Gasteiger partial charge < -0.3 is 4.74 Å². The van der Waals surface area contributed by atoms with Crippen LogP contribution >= 0.6 is 0 Å². The summed E-state index contributed by atoms with van der Waals surface area (Å²) in [6.07, 6.45) is 0.361. The number of amides is 2. The van der Waals surface area contributed by atoms with Crippen molar-refractivity contribution < 1.29 is 14.3 Å². The molecule has 1 atom stereocenters. The van der Waals surface area contributed by atoms with Crippen molar-refractivity contribution >= 4 is 17.8 Å². The lowest BCUT2D eigenvalue weighted by atomic mass is 9.75. The molecule has 2 amide bonds. The number of hydrogen-bond donors (Lipinski definition) is 0. The molecule has 1 aliphatic heterocycles. The SMILES string of the molecule is CCC1(c2ccccc2)C(=O)N=C(OC)N(C)C1=O. The van der Waals surface area contributed by atoms with Crippen LogP contribution in [0.1, 0.15) is 18.9 Å². The standard InChI is InChI=1S/C14H16N2O3/c1-4-14(10-8-6-5-7-9-10)11(17)15-13(19-3)16(2)12(14)18/h5-9H,4H2,1-3H3. The van der Waals surface area contributed by atoms with Crippen molar-refractivity contribution in [2.24, 2.45) is 4.99 Å². The van der Waals surface area contributed by atoms with Gasteiger partial charge in [0, 0.05) is 7.05 Å². The number of likely N-dealkylation sites (N-methyl/N-ethyl adjacent to an activating group) is 1. The highest BCUT2D eigenvalue weighted by molar-refractivity contribution is 6.20. The number of carbonyl (C=O) groups excluding carboxylic acids is 2. The molecule has 1 aliphatic rings. The Morgan fingerprint density at radius 1 is 1.26 bits per heavy atom. The first kappa shape index (κ1) is 13.3. The predicted octanol–water partition coefficient (Wildman–Crippen LogP) is 1.34. The molecule has 0 saturated heterocycles. The molecule has 19 heavy (non-hydrogen) atoms. The Morgan fingerprint density at radius 2 is 1.89 bits per heavy atom. The summed E-state index contributed by atoms with van der Waals surface area (Å²) in [5, 5.41) is 0. The third-order valence-electron chi connectivity index (χ3n) is 3.50. The number of methoxy groups -OCH3 is 1. The van der Waals surface area contributed by atoms with E-state index in [4.69, 9.17) is 4.74 Å². The minimum absolute atomic E-state index is 0.0370. The van der Waals surface area contributed by atoms with E-state index in [0.29, 0.717) is 12.0 Å². The topological polar surface area (TPSA) is 59.0 Å². The first-order chi connectivity index (χ1) is 9.07. The van der Waals surface area contributed by atoms with E-state index in [2.05, 4.69) is 4.99 Å². The van der Waals surface area contributed by atoms with Gasteiger partial charge in [0.25, 0.3) is 11.8 Å². The fourth-order valence-corrected chi connectivity index (χ4v) is 2.38. The van der Waals surface area contributed by atoms with Crippen LogP contribution in [0.3, 0.4) is 0 Å². The third kappa shape index (κ3) is 1.82. The molecule has 1 aromatic rings. The van der Waals surface area contributed by atoms with Crippen molar-refractivity contribution in [3.63, 3.8) is 0 Å². The van der Waals surface area contributed by atoms with Gasteiger partial charge in [-0.05, 0) is 12.0 Å². The van der Waals surface area contributed by atoms with E-state index >= 15 is 0 Å². The first-order valence-electron chi connectivity index (χ1n) is 6.08. The fraction of sp³-hybridized carbons (Fsp3) is 0.357. The van der Waals surface area contributed by atoms with Crippen molar-refractivity contribution in [2.45, 2.75) is 18.8 Å². The summed E-state index contributed by atoms with van der Waals surface area (Å²) in [5.41, 5.74) is -0.573. The van der Waals surface area contributed by atoms with E-state index in [1.165, 1.54) is 12.0 Å². The van der Waals surface area contributed by atoms with Crippen LogP contribution in [0.15, 0.2) is 35.3 Å². The highest BCUT2D eigenvalue weighted by atomic mass is 16.5. The van der Waals surface area contributed by atoms with Crippen LogP contribution < -0.4 is 0 Å². The van der Waals surface area contributed by atoms with Gasteiger partial charge in [-0.1, -0.05) is 37.3 Å². The van der Waals surface area contributed by atoms with Crippen LogP contribution in [-0.2, 0) is 19.7 Å². The molecule has 5 nitrogen and oxygen atoms in total. The first-order valence-corrected chi connectivity index (χ1v) is 6.08. The predicted molar refractivity (Wildman–Crippen MR) is 70.6 cm³/mol. The minimum atomic E-state index is -1.24. The summed E-state index contributed by atoms with van der Waals surface area (Å²) >= 11 is 0. The van der Waals surface area contributed by atoms with Gasteiger partial charge in [0.15, 0.2) is 5.41 Å². The molecule has 1 aromatic carbocycles. The number of rotatable bonds is 2. The maximum absolute atomic E-state index is 12.6. The van der Waals surface area contributed by atoms with Gasteiger partial charge in [-0.15, -0.1) is 0 Å². The van der Waals surface area contributed by atoms with Gasteiger partial charge in [0.05, 0.1) is 7.11 Å². The molecule has 0 saturated carbocycles. The number of ether oxygens (including phenoxy) is 1. The highest BCUT2D eigenvalue weighted by Crippen LogP contribution is 2.34. The molecule has 1 heterocycles. The number of benzene rings is 1. The quantitative estimate of drug-likeness (QED) is 0.754. The summed E-state index contributed by atoms with van der Waals surface area (Å²) in [4.78, 5) is 30.1. The molecule has 0 aliphatic carbocycles. The summed E-state index contributed by atoms with van der Waals surface area (Å²) in [7, 11) is 2.95. The van der Waals surface area contributed by atoms with E-state index in [-0.39, 0.29) is 11.9 Å². The largest absolute Gasteiger partial charge is 0.468 e. The third-order valence-corrected chi connectivity index (χ3v) is 3.50. The Labute approximate surface area is 111 Å². The molecule has 0 bridgehead atoms. The average molecular weight is 260 g/mol. The molecular weight excluding hydrogens is 244 g/mol. The molecule has 5 heteroatoms. The van der Waals surface area contributed by atoms with E-state index in [1.807, 2.05) is 25.1 Å². The van der Waals surface area contributed by atoms with Crippen molar-refractivity contribution in [1.29, 1.82) is 0 Å². The van der Waals surface area contributed by atoms with Gasteiger partial charge in [-0.2, -0.15) is 4.99 Å². The number of aliphatic imine (C=N–C) groups is 1. The van der Waals surface area contributed by atoms with E-state index in [1.54, 1.807) is 19.2 Å².